The Morgan fingerprint density at radius 2 is 1.59 bits per heavy atom. The molecule has 1 unspecified atom stereocenters. The average molecular weight is 700 g/mol. The molecule has 6 rings (SSSR count). The number of amides is 2. The van der Waals surface area contributed by atoms with Gasteiger partial charge in [0.2, 0.25) is 17.6 Å². The van der Waals surface area contributed by atoms with Crippen LogP contribution in [0.4, 0.5) is 5.95 Å². The number of methoxy groups -OCH3 is 4. The van der Waals surface area contributed by atoms with Gasteiger partial charge in [-0.25, -0.2) is 4.98 Å². The summed E-state index contributed by atoms with van der Waals surface area (Å²) in [6.45, 7) is 8.49. The highest BCUT2D eigenvalue weighted by Gasteiger charge is 2.50. The second-order valence-corrected chi connectivity index (χ2v) is 12.9. The molecule has 2 aliphatic heterocycles. The summed E-state index contributed by atoms with van der Waals surface area (Å²) in [7, 11) is 6.14. The summed E-state index contributed by atoms with van der Waals surface area (Å²) in [5.74, 6) is 2.18. The lowest BCUT2D eigenvalue weighted by atomic mass is 9.76. The third-order valence-electron chi connectivity index (χ3n) is 10.2. The number of carbonyl (C=O) groups is 2. The Labute approximate surface area is 299 Å². The lowest BCUT2D eigenvalue weighted by Gasteiger charge is -2.31. The average Bonchev–Trinajstić information content (AvgIpc) is 3.60. The van der Waals surface area contributed by atoms with Crippen LogP contribution in [0.2, 0.25) is 0 Å². The Kier molecular flexibility index (Phi) is 11.3. The molecule has 0 saturated carbocycles. The van der Waals surface area contributed by atoms with Crippen LogP contribution < -0.4 is 23.8 Å². The smallest absolute Gasteiger partial charge is 0.260 e. The van der Waals surface area contributed by atoms with Gasteiger partial charge >= 0.3 is 0 Å². The Hall–Kier alpha value is -4.81. The molecule has 51 heavy (non-hydrogen) atoms. The highest BCUT2D eigenvalue weighted by molar-refractivity contribution is 6.09. The van der Waals surface area contributed by atoms with E-state index in [1.165, 1.54) is 26.2 Å². The van der Waals surface area contributed by atoms with Gasteiger partial charge in [0.1, 0.15) is 5.75 Å². The lowest BCUT2D eigenvalue weighted by Crippen LogP contribution is -2.43. The van der Waals surface area contributed by atoms with Crippen molar-refractivity contribution in [1.82, 2.24) is 19.4 Å². The molecule has 3 heterocycles. The fourth-order valence-electron chi connectivity index (χ4n) is 7.45. The highest BCUT2D eigenvalue weighted by Crippen LogP contribution is 2.42. The first kappa shape index (κ1) is 36.0. The number of hydrogen-bond donors (Lipinski definition) is 0. The molecule has 0 bridgehead atoms. The number of benzene rings is 3. The van der Waals surface area contributed by atoms with Crippen molar-refractivity contribution in [3.05, 3.63) is 71.8 Å². The number of para-hydroxylation sites is 2. The fraction of sp³-hybridized carbons (Fsp3) is 0.462. The largest absolute Gasteiger partial charge is 0.497 e. The predicted octanol–water partition coefficient (Wildman–Crippen LogP) is 5.02. The van der Waals surface area contributed by atoms with E-state index in [1.54, 1.807) is 19.2 Å². The first-order valence-electron chi connectivity index (χ1n) is 17.7. The van der Waals surface area contributed by atoms with E-state index in [4.69, 9.17) is 28.7 Å². The van der Waals surface area contributed by atoms with Gasteiger partial charge in [-0.2, -0.15) is 0 Å². The van der Waals surface area contributed by atoms with Crippen LogP contribution in [0.5, 0.6) is 23.0 Å². The number of nitrogens with zero attached hydrogens (tertiary/aromatic N) is 5. The first-order valence-corrected chi connectivity index (χ1v) is 17.7. The van der Waals surface area contributed by atoms with Gasteiger partial charge in [0, 0.05) is 44.9 Å². The van der Waals surface area contributed by atoms with Crippen LogP contribution in [-0.4, -0.2) is 112 Å². The van der Waals surface area contributed by atoms with E-state index >= 15 is 0 Å². The van der Waals surface area contributed by atoms with Crippen molar-refractivity contribution in [3.8, 4) is 23.0 Å². The molecular formula is C39H49N5O7. The third-order valence-corrected chi connectivity index (χ3v) is 10.2. The first-order chi connectivity index (χ1) is 24.9. The summed E-state index contributed by atoms with van der Waals surface area (Å²) in [5, 5.41) is 0. The minimum Gasteiger partial charge on any atom is -0.497 e. The number of ether oxygens (including phenoxy) is 5. The van der Waals surface area contributed by atoms with Gasteiger partial charge in [0.05, 0.1) is 51.5 Å². The minimum absolute atomic E-state index is 0.203. The minimum atomic E-state index is -0.873. The van der Waals surface area contributed by atoms with E-state index in [0.717, 1.165) is 61.7 Å². The summed E-state index contributed by atoms with van der Waals surface area (Å²) in [5.41, 5.74) is 2.40. The van der Waals surface area contributed by atoms with Gasteiger partial charge in [-0.1, -0.05) is 24.3 Å². The van der Waals surface area contributed by atoms with E-state index in [0.29, 0.717) is 67.7 Å². The zero-order chi connectivity index (χ0) is 36.0. The van der Waals surface area contributed by atoms with Crippen LogP contribution in [0, 0.1) is 0 Å². The molecule has 3 aromatic carbocycles. The van der Waals surface area contributed by atoms with Crippen LogP contribution >= 0.6 is 0 Å². The van der Waals surface area contributed by atoms with Crippen molar-refractivity contribution in [1.29, 1.82) is 0 Å². The number of fused-ring (bicyclic) bond motifs is 1. The summed E-state index contributed by atoms with van der Waals surface area (Å²) in [6, 6.07) is 19.1. The van der Waals surface area contributed by atoms with Crippen LogP contribution in [0.15, 0.2) is 60.7 Å². The fourth-order valence-corrected chi connectivity index (χ4v) is 7.45. The molecule has 2 fully saturated rings. The summed E-state index contributed by atoms with van der Waals surface area (Å²) < 4.78 is 29.9. The maximum atomic E-state index is 14.6. The molecule has 1 aromatic heterocycles. The molecule has 272 valence electrons. The topological polar surface area (TPSA) is 108 Å². The molecule has 2 saturated heterocycles. The molecule has 1 atom stereocenters. The van der Waals surface area contributed by atoms with E-state index in [2.05, 4.69) is 32.6 Å². The van der Waals surface area contributed by atoms with Gasteiger partial charge in [-0.15, -0.1) is 0 Å². The van der Waals surface area contributed by atoms with Gasteiger partial charge in [0.25, 0.3) is 5.91 Å². The molecular weight excluding hydrogens is 650 g/mol. The Bertz CT molecular complexity index is 1800. The number of hydrogen-bond acceptors (Lipinski definition) is 10. The van der Waals surface area contributed by atoms with Crippen molar-refractivity contribution in [3.63, 3.8) is 0 Å². The van der Waals surface area contributed by atoms with Crippen molar-refractivity contribution >= 4 is 28.8 Å². The number of rotatable bonds is 14. The second kappa shape index (κ2) is 16.0. The number of anilines is 1. The normalized spacial score (nSPS) is 18.3. The standard InChI is InChI=1S/C39H49N5O7/c1-6-51-25-24-43-32-11-8-7-10-31(32)40-38(43)42-19-9-18-41(22-23-42)20-16-39(29-12-14-30(47-2)15-13-29)17-21-44(37(39)46)36(45)28-26-33(48-3)35(50-5)34(27-28)49-4/h7-8,10-15,26-27H,6,9,16-25H2,1-5H3. The van der Waals surface area contributed by atoms with Crippen LogP contribution in [0.25, 0.3) is 11.0 Å². The summed E-state index contributed by atoms with van der Waals surface area (Å²) in [4.78, 5) is 39.8. The van der Waals surface area contributed by atoms with E-state index in [9.17, 15) is 9.59 Å². The SMILES string of the molecule is CCOCCn1c(N2CCCN(CCC3(c4ccc(OC)cc4)CCN(C(=O)c4cc(OC)c(OC)c(OC)c4)C3=O)CC2)nc2ccccc21. The molecule has 12 heteroatoms. The summed E-state index contributed by atoms with van der Waals surface area (Å²) >= 11 is 0. The Morgan fingerprint density at radius 1 is 0.843 bits per heavy atom. The summed E-state index contributed by atoms with van der Waals surface area (Å²) in [6.07, 6.45) is 2.05. The van der Waals surface area contributed by atoms with E-state index in [-0.39, 0.29) is 5.91 Å². The van der Waals surface area contributed by atoms with Crippen molar-refractivity contribution in [2.24, 2.45) is 0 Å². The second-order valence-electron chi connectivity index (χ2n) is 12.9. The highest BCUT2D eigenvalue weighted by atomic mass is 16.5. The maximum absolute atomic E-state index is 14.6. The maximum Gasteiger partial charge on any atom is 0.260 e. The van der Waals surface area contributed by atoms with Crippen LogP contribution in [0.1, 0.15) is 42.1 Å². The molecule has 2 amide bonds. The van der Waals surface area contributed by atoms with Crippen molar-refractivity contribution < 1.29 is 33.3 Å². The molecule has 4 aromatic rings. The predicted molar refractivity (Wildman–Crippen MR) is 196 cm³/mol. The lowest BCUT2D eigenvalue weighted by molar-refractivity contribution is -0.130. The van der Waals surface area contributed by atoms with E-state index in [1.807, 2.05) is 37.3 Å². The zero-order valence-electron chi connectivity index (χ0n) is 30.4. The zero-order valence-corrected chi connectivity index (χ0v) is 30.4. The molecule has 0 aliphatic carbocycles. The number of imide groups is 1. The Balaban J connectivity index is 1.22. The molecule has 0 radical (unpaired) electrons. The molecule has 2 aliphatic rings. The van der Waals surface area contributed by atoms with Gasteiger partial charge in [0.15, 0.2) is 11.5 Å². The van der Waals surface area contributed by atoms with Gasteiger partial charge in [-0.05, 0) is 81.2 Å². The number of aromatic nitrogens is 2. The number of imidazole rings is 1. The van der Waals surface area contributed by atoms with E-state index < -0.39 is 11.3 Å². The third kappa shape index (κ3) is 7.20. The number of carbonyl (C=O) groups excluding carboxylic acids is 2. The molecule has 0 spiro atoms. The van der Waals surface area contributed by atoms with Gasteiger partial charge in [-0.3, -0.25) is 14.5 Å². The molecule has 12 nitrogen and oxygen atoms in total. The quantitative estimate of drug-likeness (QED) is 0.132. The van der Waals surface area contributed by atoms with Gasteiger partial charge < -0.3 is 38.1 Å². The monoisotopic (exact) mass is 699 g/mol. The van der Waals surface area contributed by atoms with Crippen molar-refractivity contribution in [2.75, 3.05) is 85.8 Å². The van der Waals surface area contributed by atoms with Crippen molar-refractivity contribution in [2.45, 2.75) is 38.1 Å². The molecule has 0 N–H and O–H groups in total. The van der Waals surface area contributed by atoms with Crippen LogP contribution in [0.3, 0.4) is 0 Å². The van der Waals surface area contributed by atoms with Crippen LogP contribution in [-0.2, 0) is 21.5 Å². The number of likely N-dealkylation sites (tertiary alicyclic amines) is 1. The Morgan fingerprint density at radius 3 is 2.27 bits per heavy atom.